The van der Waals surface area contributed by atoms with Gasteiger partial charge in [0.2, 0.25) is 11.7 Å². The quantitative estimate of drug-likeness (QED) is 0.641. The number of aromatic nitrogens is 4. The van der Waals surface area contributed by atoms with Crippen LogP contribution in [-0.2, 0) is 6.42 Å². The van der Waals surface area contributed by atoms with E-state index in [1.54, 1.807) is 6.20 Å². The fourth-order valence-corrected chi connectivity index (χ4v) is 6.25. The van der Waals surface area contributed by atoms with Crippen LogP contribution in [0.15, 0.2) is 23.0 Å². The average Bonchev–Trinajstić information content (AvgIpc) is 3.32. The van der Waals surface area contributed by atoms with Crippen molar-refractivity contribution in [3.05, 3.63) is 24.4 Å². The van der Waals surface area contributed by atoms with Gasteiger partial charge < -0.3 is 19.9 Å². The van der Waals surface area contributed by atoms with Crippen LogP contribution >= 0.6 is 0 Å². The number of aliphatic hydroxyl groups is 1. The van der Waals surface area contributed by atoms with Gasteiger partial charge in [0, 0.05) is 24.2 Å². The van der Waals surface area contributed by atoms with Crippen molar-refractivity contribution in [1.29, 1.82) is 0 Å². The molecule has 3 aromatic rings. The topological polar surface area (TPSA) is 99.9 Å². The third-order valence-corrected chi connectivity index (χ3v) is 7.17. The fraction of sp³-hybridized carbons (Fsp3) is 0.571. The van der Waals surface area contributed by atoms with Gasteiger partial charge in [0.25, 0.3) is 0 Å². The van der Waals surface area contributed by atoms with Gasteiger partial charge in [-0.25, -0.2) is 4.98 Å². The summed E-state index contributed by atoms with van der Waals surface area (Å²) in [6.45, 7) is 1.99. The van der Waals surface area contributed by atoms with Crippen molar-refractivity contribution in [2.75, 3.05) is 5.32 Å². The van der Waals surface area contributed by atoms with Crippen molar-refractivity contribution in [2.24, 2.45) is 17.8 Å². The lowest BCUT2D eigenvalue weighted by Gasteiger charge is -2.59. The molecule has 4 aliphatic rings. The van der Waals surface area contributed by atoms with Gasteiger partial charge in [-0.1, -0.05) is 12.1 Å². The smallest absolute Gasteiger partial charge is 0.226 e. The number of H-pyrrole nitrogens is 1. The Morgan fingerprint density at radius 2 is 2.11 bits per heavy atom. The summed E-state index contributed by atoms with van der Waals surface area (Å²) < 4.78 is 5.35. The van der Waals surface area contributed by atoms with E-state index in [2.05, 4.69) is 25.4 Å². The molecular weight excluding hydrogens is 354 g/mol. The third-order valence-electron chi connectivity index (χ3n) is 7.17. The molecule has 7 rings (SSSR count). The van der Waals surface area contributed by atoms with Crippen LogP contribution in [0.4, 0.5) is 5.69 Å². The normalized spacial score (nSPS) is 33.6. The maximum Gasteiger partial charge on any atom is 0.226 e. The zero-order valence-corrected chi connectivity index (χ0v) is 16.0. The molecule has 0 saturated heterocycles. The Balaban J connectivity index is 1.45. The van der Waals surface area contributed by atoms with Gasteiger partial charge in [0.05, 0.1) is 22.9 Å². The first-order valence-corrected chi connectivity index (χ1v) is 10.4. The monoisotopic (exact) mass is 379 g/mol. The number of hydrogen-bond donors (Lipinski definition) is 3. The summed E-state index contributed by atoms with van der Waals surface area (Å²) in [5.41, 5.74) is 1.97. The Hall–Kier alpha value is -2.41. The van der Waals surface area contributed by atoms with Gasteiger partial charge in [-0.3, -0.25) is 0 Å². The molecular formula is C21H25N5O2. The summed E-state index contributed by atoms with van der Waals surface area (Å²) >= 11 is 0. The molecule has 4 aliphatic carbocycles. The van der Waals surface area contributed by atoms with E-state index in [0.717, 1.165) is 35.1 Å². The van der Waals surface area contributed by atoms with E-state index >= 15 is 0 Å². The van der Waals surface area contributed by atoms with Crippen LogP contribution in [0.1, 0.15) is 44.9 Å². The average molecular weight is 379 g/mol. The molecule has 4 bridgehead atoms. The molecule has 3 N–H and O–H groups in total. The van der Waals surface area contributed by atoms with Crippen LogP contribution in [0.2, 0.25) is 0 Å². The third kappa shape index (κ3) is 2.35. The summed E-state index contributed by atoms with van der Waals surface area (Å²) in [5.74, 6) is 3.06. The van der Waals surface area contributed by atoms with Crippen LogP contribution < -0.4 is 5.32 Å². The zero-order valence-electron chi connectivity index (χ0n) is 16.0. The summed E-state index contributed by atoms with van der Waals surface area (Å²) in [4.78, 5) is 12.2. The number of nitrogens with zero attached hydrogens (tertiary/aromatic N) is 3. The van der Waals surface area contributed by atoms with Crippen molar-refractivity contribution < 1.29 is 9.63 Å². The number of anilines is 1. The molecule has 0 amide bonds. The van der Waals surface area contributed by atoms with Gasteiger partial charge >= 0.3 is 0 Å². The molecule has 4 fully saturated rings. The maximum atomic E-state index is 11.5. The summed E-state index contributed by atoms with van der Waals surface area (Å²) in [5, 5.41) is 20.4. The van der Waals surface area contributed by atoms with E-state index in [-0.39, 0.29) is 6.04 Å². The number of pyridine rings is 1. The molecule has 3 heterocycles. The molecule has 0 radical (unpaired) electrons. The van der Waals surface area contributed by atoms with E-state index in [1.807, 2.05) is 19.2 Å². The first kappa shape index (κ1) is 16.5. The fourth-order valence-electron chi connectivity index (χ4n) is 6.25. The number of aromatic amines is 1. The van der Waals surface area contributed by atoms with Crippen molar-refractivity contribution in [2.45, 2.75) is 57.1 Å². The first-order valence-electron chi connectivity index (χ1n) is 10.4. The van der Waals surface area contributed by atoms with Crippen molar-refractivity contribution >= 4 is 16.7 Å². The maximum absolute atomic E-state index is 11.5. The molecule has 4 saturated carbocycles. The van der Waals surface area contributed by atoms with Crippen LogP contribution in [-0.4, -0.2) is 36.9 Å². The molecule has 0 spiro atoms. The standard InChI is InChI=1S/C21H25N5O2/c1-2-16-24-20(26-28-16)15-10-23-19-14(3-4-22-19)17(15)25-18-13-6-11-5-12(7-13)9-21(18,27)8-11/h3-4,10-13,18,27H,2,5-9H2,1H3,(H2,22,23,25)/t11-,12?,13?,18+,21?/m0/s1. The molecule has 3 aromatic heterocycles. The lowest BCUT2D eigenvalue weighted by Crippen LogP contribution is -2.63. The summed E-state index contributed by atoms with van der Waals surface area (Å²) in [6, 6.07) is 2.08. The molecule has 7 heteroatoms. The molecule has 28 heavy (non-hydrogen) atoms. The highest BCUT2D eigenvalue weighted by molar-refractivity contribution is 5.97. The Morgan fingerprint density at radius 1 is 1.29 bits per heavy atom. The number of fused-ring (bicyclic) bond motifs is 1. The van der Waals surface area contributed by atoms with E-state index in [0.29, 0.717) is 35.9 Å². The van der Waals surface area contributed by atoms with Gasteiger partial charge in [-0.2, -0.15) is 4.98 Å². The minimum absolute atomic E-state index is 0.0529. The minimum Gasteiger partial charge on any atom is -0.388 e. The van der Waals surface area contributed by atoms with Crippen molar-refractivity contribution in [3.63, 3.8) is 0 Å². The van der Waals surface area contributed by atoms with Crippen molar-refractivity contribution in [1.82, 2.24) is 20.1 Å². The Morgan fingerprint density at radius 3 is 2.82 bits per heavy atom. The highest BCUT2D eigenvalue weighted by Gasteiger charge is 2.56. The molecule has 7 nitrogen and oxygen atoms in total. The molecule has 146 valence electrons. The van der Waals surface area contributed by atoms with Crippen molar-refractivity contribution in [3.8, 4) is 11.4 Å². The number of rotatable bonds is 4. The van der Waals surface area contributed by atoms with Gasteiger partial charge in [0.1, 0.15) is 5.65 Å². The van der Waals surface area contributed by atoms with Crippen LogP contribution in [0, 0.1) is 17.8 Å². The highest BCUT2D eigenvalue weighted by Crippen LogP contribution is 2.56. The summed E-state index contributed by atoms with van der Waals surface area (Å²) in [7, 11) is 0. The minimum atomic E-state index is -0.621. The Bertz CT molecular complexity index is 1030. The van der Waals surface area contributed by atoms with Gasteiger partial charge in [-0.05, 0) is 55.9 Å². The van der Waals surface area contributed by atoms with Gasteiger partial charge in [0.15, 0.2) is 0 Å². The molecule has 0 aromatic carbocycles. The van der Waals surface area contributed by atoms with Crippen LogP contribution in [0.25, 0.3) is 22.4 Å². The lowest BCUT2D eigenvalue weighted by atomic mass is 9.52. The summed E-state index contributed by atoms with van der Waals surface area (Å²) in [6.07, 6.45) is 9.95. The van der Waals surface area contributed by atoms with E-state index in [9.17, 15) is 5.11 Å². The largest absolute Gasteiger partial charge is 0.388 e. The zero-order chi connectivity index (χ0) is 18.9. The second kappa shape index (κ2) is 5.80. The van der Waals surface area contributed by atoms with Crippen LogP contribution in [0.5, 0.6) is 0 Å². The molecule has 3 unspecified atom stereocenters. The SMILES string of the molecule is CCc1nc(-c2cnc3[nH]ccc3c2N[C@@H]2C3CC4C[C@@H](C3)CC2(O)C4)no1. The second-order valence-electron chi connectivity index (χ2n) is 8.99. The predicted molar refractivity (Wildman–Crippen MR) is 105 cm³/mol. The number of hydrogen-bond acceptors (Lipinski definition) is 6. The number of nitrogens with one attached hydrogen (secondary N) is 2. The molecule has 5 atom stereocenters. The number of aryl methyl sites for hydroxylation is 1. The lowest BCUT2D eigenvalue weighted by molar-refractivity contribution is -0.133. The highest BCUT2D eigenvalue weighted by atomic mass is 16.5. The first-order chi connectivity index (χ1) is 13.6. The van der Waals surface area contributed by atoms with Crippen LogP contribution in [0.3, 0.4) is 0 Å². The van der Waals surface area contributed by atoms with E-state index in [1.165, 1.54) is 19.3 Å². The predicted octanol–water partition coefficient (Wildman–Crippen LogP) is 3.53. The Labute approximate surface area is 162 Å². The Kier molecular flexibility index (Phi) is 3.42. The van der Waals surface area contributed by atoms with E-state index < -0.39 is 5.60 Å². The second-order valence-corrected chi connectivity index (χ2v) is 8.99. The molecule has 0 aliphatic heterocycles. The van der Waals surface area contributed by atoms with Gasteiger partial charge in [-0.15, -0.1) is 0 Å². The van der Waals surface area contributed by atoms with E-state index in [4.69, 9.17) is 4.52 Å².